The van der Waals surface area contributed by atoms with Gasteiger partial charge in [0.15, 0.2) is 11.6 Å². The highest BCUT2D eigenvalue weighted by Crippen LogP contribution is 2.40. The Bertz CT molecular complexity index is 1290. The molecule has 0 bridgehead atoms. The minimum atomic E-state index is -0.639. The number of hydrogen-bond acceptors (Lipinski definition) is 5. The van der Waals surface area contributed by atoms with Gasteiger partial charge in [0.05, 0.1) is 12.1 Å². The summed E-state index contributed by atoms with van der Waals surface area (Å²) in [5.41, 5.74) is 1.77. The molecule has 1 unspecified atom stereocenters. The first-order chi connectivity index (χ1) is 15.8. The zero-order chi connectivity index (χ0) is 23.2. The van der Waals surface area contributed by atoms with Gasteiger partial charge in [-0.15, -0.1) is 0 Å². The van der Waals surface area contributed by atoms with E-state index in [1.54, 1.807) is 6.20 Å². The van der Waals surface area contributed by atoms with E-state index in [1.165, 1.54) is 0 Å². The summed E-state index contributed by atoms with van der Waals surface area (Å²) in [5.74, 6) is -0.146. The fourth-order valence-corrected chi connectivity index (χ4v) is 5.09. The van der Waals surface area contributed by atoms with Gasteiger partial charge in [0, 0.05) is 18.3 Å². The normalized spacial score (nSPS) is 26.8. The van der Waals surface area contributed by atoms with Crippen LogP contribution < -0.4 is 10.9 Å². The van der Waals surface area contributed by atoms with Gasteiger partial charge in [-0.05, 0) is 57.4 Å². The summed E-state index contributed by atoms with van der Waals surface area (Å²) in [6, 6.07) is 9.63. The Labute approximate surface area is 192 Å². The van der Waals surface area contributed by atoms with Crippen LogP contribution in [0.1, 0.15) is 58.1 Å². The molecule has 8 nitrogen and oxygen atoms in total. The van der Waals surface area contributed by atoms with Crippen molar-refractivity contribution in [3.05, 3.63) is 63.9 Å². The molecule has 0 spiro atoms. The van der Waals surface area contributed by atoms with Gasteiger partial charge in [0.1, 0.15) is 17.0 Å². The summed E-state index contributed by atoms with van der Waals surface area (Å²) >= 11 is 0. The minimum Gasteiger partial charge on any atom is -0.347 e. The van der Waals surface area contributed by atoms with Crippen LogP contribution in [0.5, 0.6) is 0 Å². The molecule has 2 aliphatic rings. The Kier molecular flexibility index (Phi) is 5.26. The minimum absolute atomic E-state index is 0.0346. The largest absolute Gasteiger partial charge is 0.347 e. The average Bonchev–Trinajstić information content (AvgIpc) is 3.31. The number of anilines is 2. The van der Waals surface area contributed by atoms with Crippen LogP contribution in [0.25, 0.3) is 15.7 Å². The van der Waals surface area contributed by atoms with Crippen molar-refractivity contribution in [1.29, 1.82) is 0 Å². The second-order valence-electron chi connectivity index (χ2n) is 9.64. The van der Waals surface area contributed by atoms with E-state index in [-0.39, 0.29) is 17.6 Å². The van der Waals surface area contributed by atoms with E-state index in [9.17, 15) is 4.79 Å². The Balaban J connectivity index is 1.53. The summed E-state index contributed by atoms with van der Waals surface area (Å²) in [6.45, 7) is 13.9. The first kappa shape index (κ1) is 21.7. The van der Waals surface area contributed by atoms with Crippen molar-refractivity contribution in [3.8, 4) is 0 Å². The number of nitrogens with one attached hydrogen (secondary N) is 2. The first-order valence-electron chi connectivity index (χ1n) is 11.5. The number of aromatic amines is 1. The maximum Gasteiger partial charge on any atom is 0.261 e. The van der Waals surface area contributed by atoms with Gasteiger partial charge in [-0.3, -0.25) is 9.48 Å². The number of aromatic nitrogens is 3. The van der Waals surface area contributed by atoms with Gasteiger partial charge in [0.25, 0.3) is 5.56 Å². The molecule has 5 rings (SSSR count). The smallest absolute Gasteiger partial charge is 0.261 e. The monoisotopic (exact) mass is 447 g/mol. The number of pyridine rings is 1. The predicted octanol–water partition coefficient (Wildman–Crippen LogP) is 4.87. The van der Waals surface area contributed by atoms with Crippen molar-refractivity contribution >= 4 is 22.4 Å². The molecule has 2 fully saturated rings. The molecule has 1 saturated carbocycles. The van der Waals surface area contributed by atoms with Crippen molar-refractivity contribution in [2.75, 3.05) is 11.9 Å². The lowest BCUT2D eigenvalue weighted by molar-refractivity contribution is -0.159. The molecule has 0 amide bonds. The number of ether oxygens (including phenoxy) is 2. The SMILES string of the molecule is [C-]#[N+][C@H]1CCCC[C@@H]1n1nc(Nc2cccc(C3(C)COC(C)(C)O3)c2)c2c(=O)[nH]ccc21. The van der Waals surface area contributed by atoms with E-state index in [1.807, 2.05) is 55.8 Å². The van der Waals surface area contributed by atoms with Crippen LogP contribution in [0.2, 0.25) is 0 Å². The molecule has 2 aromatic heterocycles. The summed E-state index contributed by atoms with van der Waals surface area (Å²) in [5, 5.41) is 8.68. The molecule has 2 N–H and O–H groups in total. The summed E-state index contributed by atoms with van der Waals surface area (Å²) in [6.07, 6.45) is 5.51. The third kappa shape index (κ3) is 3.92. The van der Waals surface area contributed by atoms with E-state index >= 15 is 0 Å². The zero-order valence-corrected chi connectivity index (χ0v) is 19.2. The second-order valence-corrected chi connectivity index (χ2v) is 9.64. The zero-order valence-electron chi connectivity index (χ0n) is 19.2. The van der Waals surface area contributed by atoms with Crippen LogP contribution in [0.3, 0.4) is 0 Å². The summed E-state index contributed by atoms with van der Waals surface area (Å²) in [7, 11) is 0. The molecular weight excluding hydrogens is 418 g/mol. The quantitative estimate of drug-likeness (QED) is 0.558. The van der Waals surface area contributed by atoms with E-state index < -0.39 is 11.4 Å². The van der Waals surface area contributed by atoms with Gasteiger partial charge in [-0.25, -0.2) is 6.57 Å². The van der Waals surface area contributed by atoms with Crippen LogP contribution in [0, 0.1) is 6.57 Å². The highest BCUT2D eigenvalue weighted by atomic mass is 16.8. The number of nitrogens with zero attached hydrogens (tertiary/aromatic N) is 3. The van der Waals surface area contributed by atoms with E-state index in [2.05, 4.69) is 15.1 Å². The number of fused-ring (bicyclic) bond motifs is 1. The molecule has 0 radical (unpaired) electrons. The number of hydrogen-bond donors (Lipinski definition) is 2. The fraction of sp³-hybridized carbons (Fsp3) is 0.480. The average molecular weight is 448 g/mol. The molecule has 172 valence electrons. The second kappa shape index (κ2) is 8.01. The van der Waals surface area contributed by atoms with Crippen molar-refractivity contribution in [2.45, 2.75) is 69.9 Å². The van der Waals surface area contributed by atoms with Gasteiger partial charge in [0.2, 0.25) is 6.04 Å². The number of benzene rings is 1. The number of rotatable bonds is 4. The molecule has 8 heteroatoms. The first-order valence-corrected chi connectivity index (χ1v) is 11.5. The third-order valence-corrected chi connectivity index (χ3v) is 6.71. The molecular formula is C25H29N5O3. The van der Waals surface area contributed by atoms with Gasteiger partial charge >= 0.3 is 0 Å². The molecule has 1 aromatic carbocycles. The third-order valence-electron chi connectivity index (χ3n) is 6.71. The van der Waals surface area contributed by atoms with Crippen LogP contribution in [-0.2, 0) is 15.1 Å². The van der Waals surface area contributed by atoms with Gasteiger partial charge in [-0.2, -0.15) is 5.10 Å². The summed E-state index contributed by atoms with van der Waals surface area (Å²) < 4.78 is 13.9. The Morgan fingerprint density at radius 3 is 2.82 bits per heavy atom. The maximum atomic E-state index is 12.8. The lowest BCUT2D eigenvalue weighted by Gasteiger charge is -2.26. The molecule has 3 aromatic rings. The molecule has 1 aliphatic heterocycles. The van der Waals surface area contributed by atoms with Crippen molar-refractivity contribution in [3.63, 3.8) is 0 Å². The summed E-state index contributed by atoms with van der Waals surface area (Å²) in [4.78, 5) is 19.4. The van der Waals surface area contributed by atoms with Gasteiger partial charge in [-0.1, -0.05) is 18.6 Å². The standard InChI is InChI=1S/C25H29N5O3/c1-24(2)32-15-25(3,33-24)16-8-7-9-17(14-16)28-22-21-20(12-13-27-23(21)31)30(29-22)19-11-6-5-10-18(19)26-4/h7-9,12-14,18-19H,5-6,10-11,15H2,1-3H3,(H,27,31)(H,28,29)/t18-,19-,25?/m0/s1. The maximum absolute atomic E-state index is 12.8. The van der Waals surface area contributed by atoms with Crippen molar-refractivity contribution in [2.24, 2.45) is 0 Å². The predicted molar refractivity (Wildman–Crippen MR) is 126 cm³/mol. The van der Waals surface area contributed by atoms with Crippen LogP contribution in [0.4, 0.5) is 11.5 Å². The molecule has 33 heavy (non-hydrogen) atoms. The van der Waals surface area contributed by atoms with E-state index in [4.69, 9.17) is 21.1 Å². The Hall–Kier alpha value is -3.15. The highest BCUT2D eigenvalue weighted by Gasteiger charge is 2.43. The van der Waals surface area contributed by atoms with Crippen LogP contribution in [-0.4, -0.2) is 33.2 Å². The van der Waals surface area contributed by atoms with E-state index in [0.29, 0.717) is 17.8 Å². The van der Waals surface area contributed by atoms with Gasteiger partial charge < -0.3 is 24.6 Å². The fourth-order valence-electron chi connectivity index (χ4n) is 5.09. The van der Waals surface area contributed by atoms with Crippen molar-refractivity contribution < 1.29 is 9.47 Å². The molecule has 1 saturated heterocycles. The Morgan fingerprint density at radius 2 is 2.06 bits per heavy atom. The van der Waals surface area contributed by atoms with Crippen molar-refractivity contribution in [1.82, 2.24) is 14.8 Å². The lowest BCUT2D eigenvalue weighted by Crippen LogP contribution is -2.28. The van der Waals surface area contributed by atoms with Crippen LogP contribution in [0.15, 0.2) is 41.3 Å². The highest BCUT2D eigenvalue weighted by molar-refractivity contribution is 5.91. The van der Waals surface area contributed by atoms with Crippen LogP contribution >= 0.6 is 0 Å². The topological polar surface area (TPSA) is 85.5 Å². The molecule has 1 aliphatic carbocycles. The number of H-pyrrole nitrogens is 1. The molecule has 3 heterocycles. The van der Waals surface area contributed by atoms with E-state index in [0.717, 1.165) is 42.5 Å². The Morgan fingerprint density at radius 1 is 1.24 bits per heavy atom. The molecule has 3 atom stereocenters. The lowest BCUT2D eigenvalue weighted by atomic mass is 9.91.